The van der Waals surface area contributed by atoms with Crippen LogP contribution >= 0.6 is 23.2 Å². The average Bonchev–Trinajstić information content (AvgIpc) is 2.89. The van der Waals surface area contributed by atoms with Crippen molar-refractivity contribution >= 4 is 46.2 Å². The van der Waals surface area contributed by atoms with Gasteiger partial charge in [-0.1, -0.05) is 41.9 Å². The van der Waals surface area contributed by atoms with Crippen LogP contribution in [0, 0.1) is 13.8 Å². The Morgan fingerprint density at radius 3 is 2.44 bits per heavy atom. The van der Waals surface area contributed by atoms with Crippen LogP contribution in [-0.2, 0) is 22.5 Å². The molecule has 0 aliphatic carbocycles. The average molecular weight is 628 g/mol. The maximum Gasteiger partial charge on any atom is 0.327 e. The van der Waals surface area contributed by atoms with Gasteiger partial charge in [0.1, 0.15) is 11.4 Å². The van der Waals surface area contributed by atoms with Gasteiger partial charge in [0, 0.05) is 31.7 Å². The Kier molecular flexibility index (Phi) is 10.3. The Hall–Kier alpha value is -3.33. The highest BCUT2D eigenvalue weighted by Crippen LogP contribution is 2.37. The summed E-state index contributed by atoms with van der Waals surface area (Å²) in [5.41, 5.74) is 4.83. The molecule has 1 aromatic heterocycles. The monoisotopic (exact) mass is 626 g/mol. The van der Waals surface area contributed by atoms with Gasteiger partial charge in [0.05, 0.1) is 15.6 Å². The fourth-order valence-electron chi connectivity index (χ4n) is 5.33. The van der Waals surface area contributed by atoms with Gasteiger partial charge in [-0.25, -0.2) is 4.79 Å². The van der Waals surface area contributed by atoms with E-state index in [1.807, 2.05) is 37.8 Å². The molecule has 0 unspecified atom stereocenters. The third-order valence-corrected chi connectivity index (χ3v) is 8.27. The molecule has 2 N–H and O–H groups in total. The lowest BCUT2D eigenvalue weighted by molar-refractivity contribution is -0.155. The molecule has 43 heavy (non-hydrogen) atoms. The van der Waals surface area contributed by atoms with Crippen molar-refractivity contribution in [3.8, 4) is 0 Å². The Labute approximate surface area is 262 Å². The number of esters is 1. The molecule has 0 saturated carbocycles. The third-order valence-electron chi connectivity index (χ3n) is 7.53. The largest absolute Gasteiger partial charge is 0.460 e. The highest BCUT2D eigenvalue weighted by Gasteiger charge is 2.26. The summed E-state index contributed by atoms with van der Waals surface area (Å²) in [4.78, 5) is 47.5. The first-order valence-corrected chi connectivity index (χ1v) is 15.3. The first kappa shape index (κ1) is 32.6. The molecule has 0 bridgehead atoms. The molecule has 2 heterocycles. The first-order valence-electron chi connectivity index (χ1n) is 14.5. The summed E-state index contributed by atoms with van der Waals surface area (Å²) >= 11 is 12.5. The van der Waals surface area contributed by atoms with Crippen LogP contribution in [-0.4, -0.2) is 46.1 Å². The second-order valence-electron chi connectivity index (χ2n) is 12.2. The molecule has 0 saturated heterocycles. The number of benzene rings is 2. The highest BCUT2D eigenvalue weighted by molar-refractivity contribution is 6.42. The van der Waals surface area contributed by atoms with Crippen molar-refractivity contribution in [1.29, 1.82) is 0 Å². The molecule has 0 atom stereocenters. The molecule has 8 nitrogen and oxygen atoms in total. The Bertz CT molecular complexity index is 1640. The molecular formula is C33H40Cl2N4O4. The van der Waals surface area contributed by atoms with E-state index >= 15 is 0 Å². The van der Waals surface area contributed by atoms with E-state index in [1.54, 1.807) is 6.07 Å². The van der Waals surface area contributed by atoms with E-state index < -0.39 is 16.9 Å². The lowest BCUT2D eigenvalue weighted by Gasteiger charge is -2.33. The number of aryl methyl sites for hydroxylation is 3. The van der Waals surface area contributed by atoms with Gasteiger partial charge < -0.3 is 9.64 Å². The number of nitrogens with one attached hydrogen (secondary N) is 2. The number of aromatic nitrogens is 2. The van der Waals surface area contributed by atoms with Gasteiger partial charge in [-0.2, -0.15) is 0 Å². The second kappa shape index (κ2) is 13.5. The van der Waals surface area contributed by atoms with E-state index in [1.165, 1.54) is 5.56 Å². The third kappa shape index (κ3) is 8.40. The molecule has 4 rings (SSSR count). The molecule has 3 aromatic rings. The van der Waals surface area contributed by atoms with Crippen LogP contribution in [0.3, 0.4) is 0 Å². The Balaban J connectivity index is 1.68. The number of ether oxygens (including phenoxy) is 1. The van der Waals surface area contributed by atoms with Crippen molar-refractivity contribution in [3.05, 3.63) is 95.6 Å². The van der Waals surface area contributed by atoms with Crippen LogP contribution in [0.5, 0.6) is 0 Å². The number of aromatic amines is 2. The van der Waals surface area contributed by atoms with E-state index in [0.717, 1.165) is 22.4 Å². The molecule has 0 radical (unpaired) electrons. The minimum absolute atomic E-state index is 0.241. The Morgan fingerprint density at radius 2 is 1.74 bits per heavy atom. The summed E-state index contributed by atoms with van der Waals surface area (Å²) in [6.45, 7) is 16.1. The maximum atomic E-state index is 13.0. The first-order chi connectivity index (χ1) is 20.2. The number of halogens is 2. The number of H-pyrrole nitrogens is 2. The number of anilines is 2. The fraction of sp³-hybridized carbons (Fsp3) is 0.424. The summed E-state index contributed by atoms with van der Waals surface area (Å²) in [5.74, 6) is 0.195. The van der Waals surface area contributed by atoms with Gasteiger partial charge in [-0.05, 0) is 106 Å². The molecule has 1 aliphatic rings. The van der Waals surface area contributed by atoms with E-state index in [4.69, 9.17) is 27.9 Å². The van der Waals surface area contributed by atoms with E-state index in [2.05, 4.69) is 47.4 Å². The van der Waals surface area contributed by atoms with Crippen LogP contribution in [0.25, 0.3) is 5.57 Å². The van der Waals surface area contributed by atoms with E-state index in [-0.39, 0.29) is 12.4 Å². The molecule has 230 valence electrons. The Morgan fingerprint density at radius 1 is 1.02 bits per heavy atom. The zero-order valence-electron chi connectivity index (χ0n) is 25.5. The number of hydrogen-bond donors (Lipinski definition) is 2. The van der Waals surface area contributed by atoms with Crippen LogP contribution in [0.15, 0.2) is 46.5 Å². The molecule has 0 spiro atoms. The zero-order valence-corrected chi connectivity index (χ0v) is 27.0. The summed E-state index contributed by atoms with van der Waals surface area (Å²) in [6, 6.07) is 9.85. The fourth-order valence-corrected chi connectivity index (χ4v) is 5.65. The molecule has 1 aliphatic heterocycles. The molecular weight excluding hydrogens is 587 g/mol. The van der Waals surface area contributed by atoms with Crippen LogP contribution in [0.4, 0.5) is 11.5 Å². The van der Waals surface area contributed by atoms with Crippen molar-refractivity contribution < 1.29 is 9.53 Å². The van der Waals surface area contributed by atoms with Gasteiger partial charge >= 0.3 is 11.7 Å². The van der Waals surface area contributed by atoms with Crippen molar-refractivity contribution in [3.63, 3.8) is 0 Å². The van der Waals surface area contributed by atoms with Gasteiger partial charge in [-0.15, -0.1) is 0 Å². The number of nitrogens with zero attached hydrogens (tertiary/aromatic N) is 2. The zero-order chi connectivity index (χ0) is 31.5. The van der Waals surface area contributed by atoms with Gasteiger partial charge in [-0.3, -0.25) is 24.5 Å². The number of allylic oxidation sites excluding steroid dienone is 1. The number of carbonyl (C=O) groups excluding carboxylic acids is 1. The quantitative estimate of drug-likeness (QED) is 0.256. The predicted molar refractivity (Wildman–Crippen MR) is 175 cm³/mol. The number of rotatable bonds is 9. The van der Waals surface area contributed by atoms with Crippen LogP contribution in [0.1, 0.15) is 67.9 Å². The smallest absolute Gasteiger partial charge is 0.327 e. The molecule has 0 fully saturated rings. The lowest BCUT2D eigenvalue weighted by Crippen LogP contribution is -2.38. The topological polar surface area (TPSA) is 98.5 Å². The van der Waals surface area contributed by atoms with Gasteiger partial charge in [0.15, 0.2) is 0 Å². The number of carbonyl (C=O) groups is 1. The summed E-state index contributed by atoms with van der Waals surface area (Å²) in [7, 11) is 0. The standard InChI is InChI=1S/C33H40Cl2N4O4/c1-20-9-11-24-16-21(2)22(3)17-27(24)39(30-29(20)31(41)37-32(42)36-30)15-14-38(13-7-8-28(40)43-33(4,5)6)19-23-10-12-25(34)26(35)18-23/h10,12,16-18H,1,7-9,11,13-15,19H2,2-6H3,(H2,36,37,41,42). The summed E-state index contributed by atoms with van der Waals surface area (Å²) in [5, 5.41) is 0.955. The van der Waals surface area contributed by atoms with Crippen LogP contribution in [0.2, 0.25) is 10.0 Å². The minimum Gasteiger partial charge on any atom is -0.460 e. The minimum atomic E-state index is -0.572. The number of fused-ring (bicyclic) bond motifs is 2. The molecule has 2 aromatic carbocycles. The second-order valence-corrected chi connectivity index (χ2v) is 13.0. The SMILES string of the molecule is C=C1CCc2cc(C)c(C)cc2N(CCN(CCCC(=O)OC(C)(C)C)Cc2ccc(Cl)c(Cl)c2)c2[nH]c(=O)[nH]c(=O)c21. The summed E-state index contributed by atoms with van der Waals surface area (Å²) < 4.78 is 5.51. The normalized spacial score (nSPS) is 13.4. The van der Waals surface area contributed by atoms with E-state index in [0.29, 0.717) is 72.4 Å². The van der Waals surface area contributed by atoms with Crippen molar-refractivity contribution in [2.24, 2.45) is 0 Å². The van der Waals surface area contributed by atoms with Crippen LogP contribution < -0.4 is 16.1 Å². The maximum absolute atomic E-state index is 13.0. The summed E-state index contributed by atoms with van der Waals surface area (Å²) in [6.07, 6.45) is 2.19. The molecule has 10 heteroatoms. The lowest BCUT2D eigenvalue weighted by atomic mass is 9.93. The van der Waals surface area contributed by atoms with E-state index in [9.17, 15) is 14.4 Å². The van der Waals surface area contributed by atoms with Crippen molar-refractivity contribution in [2.45, 2.75) is 72.4 Å². The predicted octanol–water partition coefficient (Wildman–Crippen LogP) is 6.71. The van der Waals surface area contributed by atoms with Crippen molar-refractivity contribution in [1.82, 2.24) is 14.9 Å². The number of hydrogen-bond acceptors (Lipinski definition) is 6. The molecule has 0 amide bonds. The highest BCUT2D eigenvalue weighted by atomic mass is 35.5. The van der Waals surface area contributed by atoms with Gasteiger partial charge in [0.2, 0.25) is 0 Å². The van der Waals surface area contributed by atoms with Gasteiger partial charge in [0.25, 0.3) is 5.56 Å². The van der Waals surface area contributed by atoms with Crippen molar-refractivity contribution in [2.75, 3.05) is 24.5 Å².